The highest BCUT2D eigenvalue weighted by atomic mass is 32.2. The van der Waals surface area contributed by atoms with Gasteiger partial charge in [-0.2, -0.15) is 13.2 Å². The third kappa shape index (κ3) is 5.32. The maximum Gasteiger partial charge on any atom is 0.416 e. The molecule has 6 aromatic carbocycles. The van der Waals surface area contributed by atoms with Crippen molar-refractivity contribution in [1.29, 1.82) is 0 Å². The molecule has 1 aliphatic carbocycles. The normalized spacial score (nSPS) is 18.8. The van der Waals surface area contributed by atoms with Crippen LogP contribution in [0.2, 0.25) is 0 Å². The van der Waals surface area contributed by atoms with Crippen LogP contribution in [-0.2, 0) is 21.9 Å². The minimum Gasteiger partial charge on any atom is -0.472 e. The van der Waals surface area contributed by atoms with E-state index in [4.69, 9.17) is 9.47 Å². The molecule has 1 saturated heterocycles. The number of rotatable bonds is 5. The Morgan fingerprint density at radius 1 is 0.712 bits per heavy atom. The Labute approximate surface area is 305 Å². The first-order valence-corrected chi connectivity index (χ1v) is 18.4. The number of ether oxygens (including phenoxy) is 2. The molecule has 3 nitrogen and oxygen atoms in total. The summed E-state index contributed by atoms with van der Waals surface area (Å²) in [6.07, 6.45) is -0.158. The summed E-state index contributed by atoms with van der Waals surface area (Å²) < 4.78 is 55.0. The minimum absolute atomic E-state index is 0.634. The molecular formula is C45H36F3NO2S. The molecule has 0 N–H and O–H groups in total. The molecule has 0 aromatic heterocycles. The van der Waals surface area contributed by atoms with Crippen molar-refractivity contribution < 1.29 is 22.6 Å². The van der Waals surface area contributed by atoms with Crippen LogP contribution in [0.1, 0.15) is 47.2 Å². The van der Waals surface area contributed by atoms with E-state index < -0.39 is 22.8 Å². The van der Waals surface area contributed by atoms with Crippen LogP contribution in [0.25, 0.3) is 28.0 Å². The van der Waals surface area contributed by atoms with Crippen LogP contribution < -0.4 is 9.64 Å². The van der Waals surface area contributed by atoms with Gasteiger partial charge >= 0.3 is 6.18 Å². The van der Waals surface area contributed by atoms with E-state index >= 15 is 0 Å². The van der Waals surface area contributed by atoms with E-state index in [-0.39, 0.29) is 0 Å². The number of anilines is 1. The highest BCUT2D eigenvalue weighted by Gasteiger charge is 2.45. The number of nitrogens with zero attached hydrogens (tertiary/aromatic N) is 1. The van der Waals surface area contributed by atoms with Gasteiger partial charge in [0.05, 0.1) is 18.8 Å². The zero-order chi connectivity index (χ0) is 35.7. The van der Waals surface area contributed by atoms with Crippen molar-refractivity contribution in [1.82, 2.24) is 0 Å². The Balaban J connectivity index is 1.21. The molecule has 0 spiro atoms. The molecule has 3 aliphatic rings. The molecule has 6 aromatic rings. The largest absolute Gasteiger partial charge is 0.472 e. The molecule has 2 aliphatic heterocycles. The van der Waals surface area contributed by atoms with Crippen molar-refractivity contribution in [3.8, 4) is 16.9 Å². The average molecular weight is 712 g/mol. The first-order chi connectivity index (χ1) is 25.1. The van der Waals surface area contributed by atoms with Crippen LogP contribution in [0.15, 0.2) is 137 Å². The summed E-state index contributed by atoms with van der Waals surface area (Å²) in [6, 6.07) is 39.8. The van der Waals surface area contributed by atoms with Gasteiger partial charge in [-0.1, -0.05) is 104 Å². The standard InChI is InChI=1S/C45H36F3NO2S/c1-43(2)39-28-31(45(46,47)48)16-21-37(39)40-35-10-6-7-11-36(35)42-38(41(40)43)22-23-44(51-42,29-12-17-32(18-13-29)49-24-26-50-27-25-49)30-14-19-34(20-15-30)52-33-8-4-3-5-9-33/h3-23,28H,24-27H2,1-2H3. The Morgan fingerprint density at radius 3 is 2.04 bits per heavy atom. The molecule has 7 heteroatoms. The zero-order valence-electron chi connectivity index (χ0n) is 28.8. The number of halogens is 3. The summed E-state index contributed by atoms with van der Waals surface area (Å²) in [6.45, 7) is 7.14. The van der Waals surface area contributed by atoms with Crippen LogP contribution in [0.3, 0.4) is 0 Å². The summed E-state index contributed by atoms with van der Waals surface area (Å²) >= 11 is 1.71. The average Bonchev–Trinajstić information content (AvgIpc) is 3.41. The maximum absolute atomic E-state index is 14.0. The molecule has 0 amide bonds. The Morgan fingerprint density at radius 2 is 1.35 bits per heavy atom. The SMILES string of the molecule is CC1(C)c2cc(C(F)(F)F)ccc2-c2c1c1c(c3ccccc23)OC(c2ccc(Sc3ccccc3)cc2)(c2ccc(N3CCOCC3)cc2)C=C1. The zero-order valence-corrected chi connectivity index (χ0v) is 29.7. The third-order valence-electron chi connectivity index (χ3n) is 10.8. The number of alkyl halides is 3. The molecule has 9 rings (SSSR count). The predicted octanol–water partition coefficient (Wildman–Crippen LogP) is 11.5. The van der Waals surface area contributed by atoms with Gasteiger partial charge in [0.15, 0.2) is 5.60 Å². The Kier molecular flexibility index (Phi) is 7.79. The number of benzene rings is 6. The van der Waals surface area contributed by atoms with E-state index in [1.807, 2.05) is 44.2 Å². The molecule has 52 heavy (non-hydrogen) atoms. The van der Waals surface area contributed by atoms with Gasteiger partial charge in [-0.05, 0) is 82.2 Å². The highest BCUT2D eigenvalue weighted by molar-refractivity contribution is 7.99. The third-order valence-corrected chi connectivity index (χ3v) is 11.8. The van der Waals surface area contributed by atoms with Gasteiger partial charge in [0.25, 0.3) is 0 Å². The van der Waals surface area contributed by atoms with Crippen LogP contribution in [0, 0.1) is 0 Å². The van der Waals surface area contributed by atoms with Gasteiger partial charge in [-0.3, -0.25) is 0 Å². The second-order valence-corrected chi connectivity index (χ2v) is 15.3. The number of fused-ring (bicyclic) bond motifs is 8. The summed E-state index contributed by atoms with van der Waals surface area (Å²) in [5.41, 5.74) is 5.16. The van der Waals surface area contributed by atoms with Crippen molar-refractivity contribution in [2.45, 2.75) is 40.8 Å². The van der Waals surface area contributed by atoms with E-state index in [9.17, 15) is 13.2 Å². The van der Waals surface area contributed by atoms with Crippen LogP contribution in [-0.4, -0.2) is 26.3 Å². The lowest BCUT2D eigenvalue weighted by molar-refractivity contribution is -0.137. The summed E-state index contributed by atoms with van der Waals surface area (Å²) in [4.78, 5) is 4.62. The van der Waals surface area contributed by atoms with Gasteiger partial charge in [0.1, 0.15) is 5.75 Å². The molecule has 2 heterocycles. The van der Waals surface area contributed by atoms with Crippen LogP contribution >= 0.6 is 11.8 Å². The van der Waals surface area contributed by atoms with E-state index in [1.165, 1.54) is 12.1 Å². The van der Waals surface area contributed by atoms with E-state index in [1.54, 1.807) is 17.8 Å². The lowest BCUT2D eigenvalue weighted by Crippen LogP contribution is -2.37. The maximum atomic E-state index is 14.0. The number of hydrogen-bond acceptors (Lipinski definition) is 4. The monoisotopic (exact) mass is 711 g/mol. The second kappa shape index (κ2) is 12.3. The smallest absolute Gasteiger partial charge is 0.416 e. The second-order valence-electron chi connectivity index (χ2n) is 14.2. The molecular weight excluding hydrogens is 676 g/mol. The molecule has 1 atom stereocenters. The van der Waals surface area contributed by atoms with E-state index in [0.717, 1.165) is 78.5 Å². The molecule has 0 radical (unpaired) electrons. The van der Waals surface area contributed by atoms with Crippen molar-refractivity contribution in [3.63, 3.8) is 0 Å². The van der Waals surface area contributed by atoms with Crippen LogP contribution in [0.5, 0.6) is 5.75 Å². The molecule has 260 valence electrons. The van der Waals surface area contributed by atoms with Crippen molar-refractivity contribution >= 4 is 34.3 Å². The Hall–Kier alpha value is -4.98. The van der Waals surface area contributed by atoms with Gasteiger partial charge in [-0.25, -0.2) is 0 Å². The minimum atomic E-state index is -4.43. The summed E-state index contributed by atoms with van der Waals surface area (Å²) in [5.74, 6) is 0.730. The van der Waals surface area contributed by atoms with Crippen molar-refractivity contribution in [3.05, 3.63) is 161 Å². The first kappa shape index (κ1) is 32.9. The predicted molar refractivity (Wildman–Crippen MR) is 203 cm³/mol. The topological polar surface area (TPSA) is 21.7 Å². The quantitative estimate of drug-likeness (QED) is 0.177. The van der Waals surface area contributed by atoms with Gasteiger partial charge in [-0.15, -0.1) is 0 Å². The summed E-state index contributed by atoms with van der Waals surface area (Å²) in [5, 5.41) is 1.89. The van der Waals surface area contributed by atoms with Crippen molar-refractivity contribution in [2.75, 3.05) is 31.2 Å². The fraction of sp³-hybridized carbons (Fsp3) is 0.200. The Bertz CT molecular complexity index is 2340. The highest BCUT2D eigenvalue weighted by Crippen LogP contribution is 2.58. The van der Waals surface area contributed by atoms with Crippen LogP contribution in [0.4, 0.5) is 18.9 Å². The molecule has 1 unspecified atom stereocenters. The molecule has 1 fully saturated rings. The number of hydrogen-bond donors (Lipinski definition) is 0. The van der Waals surface area contributed by atoms with E-state index in [0.29, 0.717) is 18.8 Å². The number of morpholine rings is 1. The van der Waals surface area contributed by atoms with E-state index in [2.05, 4.69) is 89.8 Å². The van der Waals surface area contributed by atoms with Gasteiger partial charge in [0.2, 0.25) is 0 Å². The summed E-state index contributed by atoms with van der Waals surface area (Å²) in [7, 11) is 0. The van der Waals surface area contributed by atoms with Crippen molar-refractivity contribution in [2.24, 2.45) is 0 Å². The van der Waals surface area contributed by atoms with Gasteiger partial charge < -0.3 is 14.4 Å². The molecule has 0 bridgehead atoms. The fourth-order valence-corrected chi connectivity index (χ4v) is 9.06. The van der Waals surface area contributed by atoms with Gasteiger partial charge in [0, 0.05) is 56.1 Å². The fourth-order valence-electron chi connectivity index (χ4n) is 8.22. The lowest BCUT2D eigenvalue weighted by Gasteiger charge is -2.39. The first-order valence-electron chi connectivity index (χ1n) is 17.6. The lowest BCUT2D eigenvalue weighted by atomic mass is 9.76. The molecule has 0 saturated carbocycles.